The first-order chi connectivity index (χ1) is 8.81. The van der Waals surface area contributed by atoms with Crippen LogP contribution < -0.4 is 5.73 Å². The van der Waals surface area contributed by atoms with E-state index >= 15 is 0 Å². The molecule has 0 bridgehead atoms. The van der Waals surface area contributed by atoms with Gasteiger partial charge in [0.15, 0.2) is 0 Å². The summed E-state index contributed by atoms with van der Waals surface area (Å²) in [6.45, 7) is 0.812. The van der Waals surface area contributed by atoms with Crippen molar-refractivity contribution in [3.63, 3.8) is 0 Å². The third-order valence-corrected chi connectivity index (χ3v) is 3.92. The SMILES string of the molecule is COCCCSCC(N)c1cc2ccccc2o1. The van der Waals surface area contributed by atoms with E-state index < -0.39 is 0 Å². The van der Waals surface area contributed by atoms with Crippen LogP contribution in [0, 0.1) is 0 Å². The zero-order valence-electron chi connectivity index (χ0n) is 10.6. The Morgan fingerprint density at radius 2 is 2.22 bits per heavy atom. The van der Waals surface area contributed by atoms with Gasteiger partial charge in [-0.3, -0.25) is 0 Å². The molecule has 2 N–H and O–H groups in total. The molecule has 1 aromatic heterocycles. The minimum absolute atomic E-state index is 0.0371. The largest absolute Gasteiger partial charge is 0.459 e. The molecular formula is C14H19NO2S. The van der Waals surface area contributed by atoms with Crippen LogP contribution in [0.1, 0.15) is 18.2 Å². The summed E-state index contributed by atoms with van der Waals surface area (Å²) < 4.78 is 10.8. The number of furan rings is 1. The Balaban J connectivity index is 1.86. The maximum Gasteiger partial charge on any atom is 0.134 e. The van der Waals surface area contributed by atoms with E-state index in [1.165, 1.54) is 0 Å². The molecule has 1 atom stereocenters. The van der Waals surface area contributed by atoms with Crippen LogP contribution in [0.3, 0.4) is 0 Å². The summed E-state index contributed by atoms with van der Waals surface area (Å²) in [4.78, 5) is 0. The summed E-state index contributed by atoms with van der Waals surface area (Å²) in [5.74, 6) is 2.82. The van der Waals surface area contributed by atoms with Crippen molar-refractivity contribution in [2.75, 3.05) is 25.2 Å². The number of methoxy groups -OCH3 is 1. The number of hydrogen-bond donors (Lipinski definition) is 1. The highest BCUT2D eigenvalue weighted by Gasteiger charge is 2.11. The van der Waals surface area contributed by atoms with E-state index in [1.807, 2.05) is 42.1 Å². The van der Waals surface area contributed by atoms with Crippen LogP contribution >= 0.6 is 11.8 Å². The molecule has 3 nitrogen and oxygen atoms in total. The average molecular weight is 265 g/mol. The van der Waals surface area contributed by atoms with Crippen molar-refractivity contribution in [3.8, 4) is 0 Å². The Kier molecular flexibility index (Phi) is 5.11. The van der Waals surface area contributed by atoms with Crippen molar-refractivity contribution in [1.29, 1.82) is 0 Å². The highest BCUT2D eigenvalue weighted by atomic mass is 32.2. The molecule has 4 heteroatoms. The number of nitrogens with two attached hydrogens (primary N) is 1. The Hall–Kier alpha value is -0.970. The standard InChI is InChI=1S/C14H19NO2S/c1-16-7-4-8-18-10-12(15)14-9-11-5-2-3-6-13(11)17-14/h2-3,5-6,9,12H,4,7-8,10,15H2,1H3. The van der Waals surface area contributed by atoms with E-state index in [2.05, 4.69) is 0 Å². The summed E-state index contributed by atoms with van der Waals surface area (Å²) in [7, 11) is 1.73. The van der Waals surface area contributed by atoms with Crippen LogP contribution in [0.2, 0.25) is 0 Å². The van der Waals surface area contributed by atoms with Crippen molar-refractivity contribution >= 4 is 22.7 Å². The lowest BCUT2D eigenvalue weighted by atomic mass is 10.2. The lowest BCUT2D eigenvalue weighted by Gasteiger charge is -2.07. The second kappa shape index (κ2) is 6.83. The van der Waals surface area contributed by atoms with Gasteiger partial charge in [0, 0.05) is 24.9 Å². The summed E-state index contributed by atoms with van der Waals surface area (Å²) in [5, 5.41) is 1.12. The first kappa shape index (κ1) is 13.5. The van der Waals surface area contributed by atoms with Gasteiger partial charge in [-0.1, -0.05) is 18.2 Å². The van der Waals surface area contributed by atoms with Crippen molar-refractivity contribution in [1.82, 2.24) is 0 Å². The Morgan fingerprint density at radius 1 is 1.39 bits per heavy atom. The van der Waals surface area contributed by atoms with Crippen LogP contribution in [0.25, 0.3) is 11.0 Å². The van der Waals surface area contributed by atoms with E-state index in [1.54, 1.807) is 7.11 Å². The van der Waals surface area contributed by atoms with E-state index in [0.717, 1.165) is 41.3 Å². The fourth-order valence-electron chi connectivity index (χ4n) is 1.78. The van der Waals surface area contributed by atoms with Gasteiger partial charge in [-0.2, -0.15) is 11.8 Å². The molecule has 2 rings (SSSR count). The first-order valence-corrected chi connectivity index (χ1v) is 7.27. The number of thioether (sulfide) groups is 1. The predicted molar refractivity (Wildman–Crippen MR) is 77.0 cm³/mol. The van der Waals surface area contributed by atoms with Crippen molar-refractivity contribution in [2.45, 2.75) is 12.5 Å². The molecule has 1 unspecified atom stereocenters. The van der Waals surface area contributed by atoms with Gasteiger partial charge in [0.25, 0.3) is 0 Å². The molecule has 0 aliphatic carbocycles. The van der Waals surface area contributed by atoms with Crippen molar-refractivity contribution < 1.29 is 9.15 Å². The van der Waals surface area contributed by atoms with Crippen molar-refractivity contribution in [3.05, 3.63) is 36.1 Å². The molecule has 0 saturated carbocycles. The van der Waals surface area contributed by atoms with Gasteiger partial charge < -0.3 is 14.9 Å². The molecule has 2 aromatic rings. The molecule has 1 aromatic carbocycles. The van der Waals surface area contributed by atoms with Gasteiger partial charge in [-0.15, -0.1) is 0 Å². The van der Waals surface area contributed by atoms with E-state index in [0.29, 0.717) is 0 Å². The smallest absolute Gasteiger partial charge is 0.134 e. The van der Waals surface area contributed by atoms with Gasteiger partial charge >= 0.3 is 0 Å². The molecule has 0 fully saturated rings. The number of para-hydroxylation sites is 1. The molecule has 98 valence electrons. The minimum atomic E-state index is -0.0371. The first-order valence-electron chi connectivity index (χ1n) is 6.12. The van der Waals surface area contributed by atoms with E-state index in [9.17, 15) is 0 Å². The van der Waals surface area contributed by atoms with E-state index in [-0.39, 0.29) is 6.04 Å². The third kappa shape index (κ3) is 3.51. The maximum atomic E-state index is 6.13. The summed E-state index contributed by atoms with van der Waals surface area (Å²) in [6, 6.07) is 9.99. The monoisotopic (exact) mass is 265 g/mol. The Bertz CT molecular complexity index is 450. The quantitative estimate of drug-likeness (QED) is 0.781. The van der Waals surface area contributed by atoms with Gasteiger partial charge in [0.05, 0.1) is 6.04 Å². The maximum absolute atomic E-state index is 6.13. The van der Waals surface area contributed by atoms with Gasteiger partial charge in [0.2, 0.25) is 0 Å². The molecular weight excluding hydrogens is 246 g/mol. The van der Waals surface area contributed by atoms with Crippen LogP contribution in [-0.2, 0) is 4.74 Å². The second-order valence-electron chi connectivity index (χ2n) is 4.21. The highest BCUT2D eigenvalue weighted by molar-refractivity contribution is 7.99. The number of ether oxygens (including phenoxy) is 1. The van der Waals surface area contributed by atoms with Crippen LogP contribution in [0.4, 0.5) is 0 Å². The summed E-state index contributed by atoms with van der Waals surface area (Å²) in [5.41, 5.74) is 7.04. The lowest BCUT2D eigenvalue weighted by molar-refractivity contribution is 0.200. The average Bonchev–Trinajstić information content (AvgIpc) is 2.82. The van der Waals surface area contributed by atoms with E-state index in [4.69, 9.17) is 14.9 Å². The normalized spacial score (nSPS) is 13.0. The summed E-state index contributed by atoms with van der Waals surface area (Å²) >= 11 is 1.84. The molecule has 1 heterocycles. The van der Waals surface area contributed by atoms with Crippen LogP contribution in [0.5, 0.6) is 0 Å². The third-order valence-electron chi connectivity index (χ3n) is 2.74. The predicted octanol–water partition coefficient (Wildman–Crippen LogP) is 3.20. The second-order valence-corrected chi connectivity index (χ2v) is 5.36. The lowest BCUT2D eigenvalue weighted by Crippen LogP contribution is -2.12. The molecule has 0 amide bonds. The number of benzene rings is 1. The number of rotatable bonds is 7. The Morgan fingerprint density at radius 3 is 3.00 bits per heavy atom. The zero-order valence-corrected chi connectivity index (χ0v) is 11.4. The number of hydrogen-bond acceptors (Lipinski definition) is 4. The molecule has 0 radical (unpaired) electrons. The van der Waals surface area contributed by atoms with Gasteiger partial charge in [-0.25, -0.2) is 0 Å². The zero-order chi connectivity index (χ0) is 12.8. The van der Waals surface area contributed by atoms with Gasteiger partial charge in [0.1, 0.15) is 11.3 Å². The molecule has 0 saturated heterocycles. The topological polar surface area (TPSA) is 48.4 Å². The molecule has 18 heavy (non-hydrogen) atoms. The number of fused-ring (bicyclic) bond motifs is 1. The molecule has 0 aliphatic rings. The fraction of sp³-hybridized carbons (Fsp3) is 0.429. The highest BCUT2D eigenvalue weighted by Crippen LogP contribution is 2.24. The molecule has 0 aliphatic heterocycles. The molecule has 0 spiro atoms. The summed E-state index contributed by atoms with van der Waals surface area (Å²) in [6.07, 6.45) is 1.06. The van der Waals surface area contributed by atoms with Gasteiger partial charge in [-0.05, 0) is 24.3 Å². The fourth-order valence-corrected chi connectivity index (χ4v) is 2.69. The van der Waals surface area contributed by atoms with Crippen LogP contribution in [-0.4, -0.2) is 25.2 Å². The minimum Gasteiger partial charge on any atom is -0.459 e. The van der Waals surface area contributed by atoms with Crippen molar-refractivity contribution in [2.24, 2.45) is 5.73 Å². The van der Waals surface area contributed by atoms with Crippen LogP contribution in [0.15, 0.2) is 34.7 Å². The Labute approximate surface area is 112 Å².